The van der Waals surface area contributed by atoms with E-state index in [1.54, 1.807) is 48.5 Å². The minimum Gasteiger partial charge on any atom is -0.402 e. The van der Waals surface area contributed by atoms with Crippen molar-refractivity contribution in [3.8, 4) is 11.6 Å². The van der Waals surface area contributed by atoms with Crippen molar-refractivity contribution in [2.24, 2.45) is 0 Å². The molecular formula is C23H13F5N2O2S. The van der Waals surface area contributed by atoms with Crippen LogP contribution in [0.2, 0.25) is 0 Å². The van der Waals surface area contributed by atoms with Gasteiger partial charge in [-0.05, 0) is 31.2 Å². The summed E-state index contributed by atoms with van der Waals surface area (Å²) in [4.78, 5) is 11.5. The first-order valence-corrected chi connectivity index (χ1v) is 10.2. The number of para-hydroxylation sites is 1. The molecule has 0 saturated carbocycles. The Labute approximate surface area is 188 Å². The van der Waals surface area contributed by atoms with Gasteiger partial charge in [-0.25, -0.2) is 26.7 Å². The number of carbonyl (C=O) groups excluding carboxylic acids is 1. The van der Waals surface area contributed by atoms with E-state index in [1.807, 2.05) is 0 Å². The topological polar surface area (TPSA) is 44.1 Å². The Kier molecular flexibility index (Phi) is 6.19. The van der Waals surface area contributed by atoms with Gasteiger partial charge in [0.1, 0.15) is 0 Å². The largest absolute Gasteiger partial charge is 0.402 e. The number of nitrogens with zero attached hydrogens (tertiary/aromatic N) is 2. The summed E-state index contributed by atoms with van der Waals surface area (Å²) in [5, 5.41) is 4.26. The maximum atomic E-state index is 14.3. The molecule has 4 rings (SSSR count). The van der Waals surface area contributed by atoms with E-state index in [0.717, 1.165) is 0 Å². The molecule has 4 aromatic rings. The number of carbonyl (C=O) groups is 1. The zero-order valence-electron chi connectivity index (χ0n) is 16.8. The first kappa shape index (κ1) is 22.5. The summed E-state index contributed by atoms with van der Waals surface area (Å²) < 4.78 is 76.3. The number of benzene rings is 3. The quantitative estimate of drug-likeness (QED) is 0.148. The van der Waals surface area contributed by atoms with Crippen molar-refractivity contribution in [1.29, 1.82) is 0 Å². The molecule has 4 nitrogen and oxygen atoms in total. The van der Waals surface area contributed by atoms with Crippen molar-refractivity contribution in [1.82, 2.24) is 9.78 Å². The van der Waals surface area contributed by atoms with Gasteiger partial charge < -0.3 is 4.74 Å². The standard InChI is InChI=1S/C23H13F5N2O2S/c1-12-20(33-21-18(27)16(25)15(24)17(26)19(21)28)22(30(29-12)14-10-6-3-7-11-14)32-23(31)13-8-4-2-5-9-13/h2-11H,1H3. The summed E-state index contributed by atoms with van der Waals surface area (Å²) in [5.74, 6) is -11.4. The van der Waals surface area contributed by atoms with E-state index in [4.69, 9.17) is 4.74 Å². The van der Waals surface area contributed by atoms with Gasteiger partial charge in [0, 0.05) is 0 Å². The molecule has 0 unspecified atom stereocenters. The molecule has 1 aromatic heterocycles. The minimum absolute atomic E-state index is 0.0913. The van der Waals surface area contributed by atoms with Crippen molar-refractivity contribution in [2.45, 2.75) is 16.7 Å². The Balaban J connectivity index is 1.86. The molecule has 0 amide bonds. The van der Waals surface area contributed by atoms with E-state index < -0.39 is 40.0 Å². The van der Waals surface area contributed by atoms with Crippen LogP contribution in [0.4, 0.5) is 22.0 Å². The third-order valence-corrected chi connectivity index (χ3v) is 5.78. The maximum absolute atomic E-state index is 14.3. The molecule has 1 heterocycles. The fourth-order valence-electron chi connectivity index (χ4n) is 2.94. The fourth-order valence-corrected chi connectivity index (χ4v) is 3.91. The molecule has 0 bridgehead atoms. The van der Waals surface area contributed by atoms with Crippen LogP contribution in [-0.4, -0.2) is 15.7 Å². The van der Waals surface area contributed by atoms with E-state index in [0.29, 0.717) is 5.69 Å². The van der Waals surface area contributed by atoms with Gasteiger partial charge in [-0.1, -0.05) is 48.2 Å². The molecule has 0 N–H and O–H groups in total. The molecule has 0 spiro atoms. The highest BCUT2D eigenvalue weighted by Gasteiger charge is 2.30. The van der Waals surface area contributed by atoms with Gasteiger partial charge in [-0.2, -0.15) is 9.78 Å². The first-order valence-electron chi connectivity index (χ1n) is 9.41. The van der Waals surface area contributed by atoms with Crippen LogP contribution in [0.5, 0.6) is 5.88 Å². The lowest BCUT2D eigenvalue weighted by molar-refractivity contribution is 0.0718. The van der Waals surface area contributed by atoms with Gasteiger partial charge in [-0.15, -0.1) is 0 Å². The number of ether oxygens (including phenoxy) is 1. The SMILES string of the molecule is Cc1nn(-c2ccccc2)c(OC(=O)c2ccccc2)c1Sc1c(F)c(F)c(F)c(F)c1F. The van der Waals surface area contributed by atoms with Crippen molar-refractivity contribution >= 4 is 17.7 Å². The van der Waals surface area contributed by atoms with Gasteiger partial charge in [0.05, 0.1) is 26.7 Å². The second-order valence-corrected chi connectivity index (χ2v) is 7.74. The Hall–Kier alpha value is -3.66. The van der Waals surface area contributed by atoms with Crippen molar-refractivity contribution < 1.29 is 31.5 Å². The summed E-state index contributed by atoms with van der Waals surface area (Å²) in [6, 6.07) is 16.3. The van der Waals surface area contributed by atoms with Gasteiger partial charge in [0.2, 0.25) is 11.7 Å². The lowest BCUT2D eigenvalue weighted by Gasteiger charge is -2.11. The average Bonchev–Trinajstić information content (AvgIpc) is 3.15. The molecule has 0 fully saturated rings. The Morgan fingerprint density at radius 1 is 0.788 bits per heavy atom. The van der Waals surface area contributed by atoms with Crippen molar-refractivity contribution in [3.63, 3.8) is 0 Å². The molecule has 10 heteroatoms. The molecule has 33 heavy (non-hydrogen) atoms. The monoisotopic (exact) mass is 476 g/mol. The van der Waals surface area contributed by atoms with Crippen LogP contribution >= 0.6 is 11.8 Å². The van der Waals surface area contributed by atoms with E-state index >= 15 is 0 Å². The van der Waals surface area contributed by atoms with Crippen molar-refractivity contribution in [2.75, 3.05) is 0 Å². The summed E-state index contributed by atoms with van der Waals surface area (Å²) in [5.41, 5.74) is 0.771. The van der Waals surface area contributed by atoms with Crippen LogP contribution in [0, 0.1) is 36.0 Å². The highest BCUT2D eigenvalue weighted by atomic mass is 32.2. The summed E-state index contributed by atoms with van der Waals surface area (Å²) in [6.07, 6.45) is 0. The van der Waals surface area contributed by atoms with Gasteiger partial charge >= 0.3 is 5.97 Å². The second kappa shape index (κ2) is 9.07. The number of aryl methyl sites for hydroxylation is 1. The first-order chi connectivity index (χ1) is 15.8. The number of rotatable bonds is 5. The zero-order chi connectivity index (χ0) is 23.7. The smallest absolute Gasteiger partial charge is 0.344 e. The van der Waals surface area contributed by atoms with Crippen LogP contribution in [-0.2, 0) is 0 Å². The highest BCUT2D eigenvalue weighted by molar-refractivity contribution is 7.99. The minimum atomic E-state index is -2.26. The number of hydrogen-bond donors (Lipinski definition) is 0. The summed E-state index contributed by atoms with van der Waals surface area (Å²) in [7, 11) is 0. The van der Waals surface area contributed by atoms with E-state index in [1.165, 1.54) is 23.7 Å². The predicted molar refractivity (Wildman–Crippen MR) is 110 cm³/mol. The lowest BCUT2D eigenvalue weighted by atomic mass is 10.2. The van der Waals surface area contributed by atoms with Gasteiger partial charge in [0.15, 0.2) is 23.3 Å². The predicted octanol–water partition coefficient (Wildman–Crippen LogP) is 6.25. The van der Waals surface area contributed by atoms with Crippen LogP contribution in [0.25, 0.3) is 5.69 Å². The van der Waals surface area contributed by atoms with Crippen LogP contribution in [0.1, 0.15) is 16.1 Å². The third-order valence-electron chi connectivity index (χ3n) is 4.54. The molecule has 0 atom stereocenters. The number of esters is 1. The van der Waals surface area contributed by atoms with Gasteiger partial charge in [0.25, 0.3) is 0 Å². The van der Waals surface area contributed by atoms with Crippen LogP contribution in [0.3, 0.4) is 0 Å². The highest BCUT2D eigenvalue weighted by Crippen LogP contribution is 2.42. The molecular weight excluding hydrogens is 463 g/mol. The molecule has 3 aromatic carbocycles. The molecule has 168 valence electrons. The normalized spacial score (nSPS) is 11.0. The third kappa shape index (κ3) is 4.21. The summed E-state index contributed by atoms with van der Waals surface area (Å²) in [6.45, 7) is 1.45. The number of aromatic nitrogens is 2. The second-order valence-electron chi connectivity index (χ2n) is 6.72. The maximum Gasteiger partial charge on any atom is 0.344 e. The fraction of sp³-hybridized carbons (Fsp3) is 0.0435. The van der Waals surface area contributed by atoms with Crippen molar-refractivity contribution in [3.05, 3.63) is 101 Å². The Morgan fingerprint density at radius 3 is 1.88 bits per heavy atom. The van der Waals surface area contributed by atoms with Crippen LogP contribution in [0.15, 0.2) is 70.5 Å². The number of halogens is 5. The van der Waals surface area contributed by atoms with E-state index in [9.17, 15) is 26.7 Å². The summed E-state index contributed by atoms with van der Waals surface area (Å²) >= 11 is 0.227. The molecule has 0 aliphatic rings. The zero-order valence-corrected chi connectivity index (χ0v) is 17.6. The molecule has 0 aliphatic carbocycles. The average molecular weight is 476 g/mol. The Morgan fingerprint density at radius 2 is 1.30 bits per heavy atom. The van der Waals surface area contributed by atoms with Crippen LogP contribution < -0.4 is 4.74 Å². The number of hydrogen-bond acceptors (Lipinski definition) is 4. The molecule has 0 aliphatic heterocycles. The van der Waals surface area contributed by atoms with Gasteiger partial charge in [-0.3, -0.25) is 0 Å². The molecule has 0 saturated heterocycles. The van der Waals surface area contributed by atoms with E-state index in [2.05, 4.69) is 5.10 Å². The lowest BCUT2D eigenvalue weighted by Crippen LogP contribution is -2.12. The molecule has 0 radical (unpaired) electrons. The Bertz CT molecular complexity index is 1320. The van der Waals surface area contributed by atoms with E-state index in [-0.39, 0.29) is 33.8 Å².